The maximum atomic E-state index is 12.2. The van der Waals surface area contributed by atoms with E-state index in [0.29, 0.717) is 0 Å². The van der Waals surface area contributed by atoms with Crippen LogP contribution in [0.1, 0.15) is 22.3 Å². The summed E-state index contributed by atoms with van der Waals surface area (Å²) in [5, 5.41) is 0. The first-order chi connectivity index (χ1) is 10.8. The SMILES string of the molecule is Cc1ccccc1Sc1ccc(C(=O)CC(=O)C(F)(F)F)cc1. The van der Waals surface area contributed by atoms with Gasteiger partial charge >= 0.3 is 6.18 Å². The molecule has 120 valence electrons. The number of carbonyl (C=O) groups excluding carboxylic acids is 2. The molecule has 0 saturated carbocycles. The Morgan fingerprint density at radius 2 is 1.61 bits per heavy atom. The first kappa shape index (κ1) is 17.3. The van der Waals surface area contributed by atoms with Crippen molar-refractivity contribution in [3.05, 3.63) is 59.7 Å². The smallest absolute Gasteiger partial charge is 0.294 e. The van der Waals surface area contributed by atoms with E-state index in [1.54, 1.807) is 12.1 Å². The van der Waals surface area contributed by atoms with E-state index in [4.69, 9.17) is 0 Å². The topological polar surface area (TPSA) is 34.1 Å². The molecule has 2 aromatic carbocycles. The fourth-order valence-electron chi connectivity index (χ4n) is 1.85. The Balaban J connectivity index is 2.06. The molecule has 0 heterocycles. The van der Waals surface area contributed by atoms with Crippen LogP contribution in [0, 0.1) is 6.92 Å². The van der Waals surface area contributed by atoms with Crippen molar-refractivity contribution in [2.75, 3.05) is 0 Å². The van der Waals surface area contributed by atoms with Crippen LogP contribution in [0.5, 0.6) is 0 Å². The summed E-state index contributed by atoms with van der Waals surface area (Å²) in [6, 6.07) is 14.0. The van der Waals surface area contributed by atoms with Crippen LogP contribution in [-0.2, 0) is 4.79 Å². The van der Waals surface area contributed by atoms with Crippen molar-refractivity contribution in [1.29, 1.82) is 0 Å². The number of benzene rings is 2. The molecule has 0 saturated heterocycles. The number of rotatable bonds is 5. The number of carbonyl (C=O) groups is 2. The van der Waals surface area contributed by atoms with Gasteiger partial charge in [-0.05, 0) is 30.7 Å². The second-order valence-corrected chi connectivity index (χ2v) is 6.03. The predicted octanol–water partition coefficient (Wildman–Crippen LogP) is 4.85. The van der Waals surface area contributed by atoms with Crippen LogP contribution in [-0.4, -0.2) is 17.7 Å². The minimum Gasteiger partial charge on any atom is -0.294 e. The number of alkyl halides is 3. The molecule has 0 aromatic heterocycles. The van der Waals surface area contributed by atoms with Gasteiger partial charge in [0.2, 0.25) is 5.78 Å². The van der Waals surface area contributed by atoms with E-state index in [1.165, 1.54) is 23.9 Å². The number of hydrogen-bond donors (Lipinski definition) is 0. The second-order valence-electron chi connectivity index (χ2n) is 4.91. The third-order valence-corrected chi connectivity index (χ3v) is 4.32. The van der Waals surface area contributed by atoms with Gasteiger partial charge in [-0.3, -0.25) is 9.59 Å². The van der Waals surface area contributed by atoms with Gasteiger partial charge < -0.3 is 0 Å². The minimum atomic E-state index is -4.98. The minimum absolute atomic E-state index is 0.0942. The van der Waals surface area contributed by atoms with Crippen LogP contribution in [0.2, 0.25) is 0 Å². The van der Waals surface area contributed by atoms with Crippen molar-refractivity contribution < 1.29 is 22.8 Å². The van der Waals surface area contributed by atoms with Gasteiger partial charge in [0.05, 0.1) is 6.42 Å². The summed E-state index contributed by atoms with van der Waals surface area (Å²) in [7, 11) is 0. The van der Waals surface area contributed by atoms with Crippen LogP contribution in [0.25, 0.3) is 0 Å². The second kappa shape index (κ2) is 7.00. The van der Waals surface area contributed by atoms with Crippen LogP contribution in [0.3, 0.4) is 0 Å². The first-order valence-electron chi connectivity index (χ1n) is 6.74. The van der Waals surface area contributed by atoms with E-state index in [9.17, 15) is 22.8 Å². The Bertz CT molecular complexity index is 721. The number of Topliss-reactive ketones (excluding diaryl/α,β-unsaturated/α-hetero) is 2. The standard InChI is InChI=1S/C17H13F3O2S/c1-11-4-2-3-5-15(11)23-13-8-6-12(7-9-13)14(21)10-16(22)17(18,19)20/h2-9H,10H2,1H3. The summed E-state index contributed by atoms with van der Waals surface area (Å²) in [5.74, 6) is -2.86. The molecule has 0 N–H and O–H groups in total. The monoisotopic (exact) mass is 338 g/mol. The highest BCUT2D eigenvalue weighted by Gasteiger charge is 2.39. The van der Waals surface area contributed by atoms with Crippen LogP contribution in [0.4, 0.5) is 13.2 Å². The lowest BCUT2D eigenvalue weighted by molar-refractivity contribution is -0.170. The van der Waals surface area contributed by atoms with E-state index >= 15 is 0 Å². The highest BCUT2D eigenvalue weighted by Crippen LogP contribution is 2.30. The molecule has 0 aliphatic carbocycles. The molecule has 6 heteroatoms. The first-order valence-corrected chi connectivity index (χ1v) is 7.56. The molecule has 0 bridgehead atoms. The van der Waals surface area contributed by atoms with E-state index in [-0.39, 0.29) is 5.56 Å². The van der Waals surface area contributed by atoms with Crippen molar-refractivity contribution in [3.8, 4) is 0 Å². The van der Waals surface area contributed by atoms with E-state index in [2.05, 4.69) is 0 Å². The molecule has 0 aliphatic heterocycles. The molecule has 0 fully saturated rings. The summed E-state index contributed by atoms with van der Waals surface area (Å²) >= 11 is 1.49. The van der Waals surface area contributed by atoms with Gasteiger partial charge in [-0.15, -0.1) is 0 Å². The lowest BCUT2D eigenvalue weighted by Gasteiger charge is -2.07. The predicted molar refractivity (Wildman–Crippen MR) is 81.8 cm³/mol. The zero-order chi connectivity index (χ0) is 17.0. The Kier molecular flexibility index (Phi) is 5.26. The normalized spacial score (nSPS) is 11.3. The third-order valence-electron chi connectivity index (χ3n) is 3.13. The Morgan fingerprint density at radius 3 is 2.17 bits per heavy atom. The molecule has 0 spiro atoms. The molecule has 0 amide bonds. The zero-order valence-corrected chi connectivity index (χ0v) is 13.0. The number of hydrogen-bond acceptors (Lipinski definition) is 3. The number of aryl methyl sites for hydroxylation is 1. The molecular formula is C17H13F3O2S. The lowest BCUT2D eigenvalue weighted by atomic mass is 10.1. The Labute approximate surface area is 135 Å². The Hall–Kier alpha value is -2.08. The van der Waals surface area contributed by atoms with Crippen LogP contribution in [0.15, 0.2) is 58.3 Å². The van der Waals surface area contributed by atoms with Gasteiger partial charge in [0.1, 0.15) is 0 Å². The molecule has 0 radical (unpaired) electrons. The zero-order valence-electron chi connectivity index (χ0n) is 12.2. The van der Waals surface area contributed by atoms with E-state index in [0.717, 1.165) is 15.4 Å². The van der Waals surface area contributed by atoms with E-state index < -0.39 is 24.2 Å². The largest absolute Gasteiger partial charge is 0.450 e. The highest BCUT2D eigenvalue weighted by atomic mass is 32.2. The van der Waals surface area contributed by atoms with Crippen molar-refractivity contribution in [3.63, 3.8) is 0 Å². The summed E-state index contributed by atoms with van der Waals surface area (Å²) in [6.45, 7) is 1.98. The molecule has 2 nitrogen and oxygen atoms in total. The average molecular weight is 338 g/mol. The van der Waals surface area contributed by atoms with Crippen molar-refractivity contribution in [1.82, 2.24) is 0 Å². The van der Waals surface area contributed by atoms with Crippen molar-refractivity contribution >= 4 is 23.3 Å². The van der Waals surface area contributed by atoms with Gasteiger partial charge in [0.25, 0.3) is 0 Å². The van der Waals surface area contributed by atoms with E-state index in [1.807, 2.05) is 31.2 Å². The maximum Gasteiger partial charge on any atom is 0.450 e. The molecule has 0 atom stereocenters. The molecule has 23 heavy (non-hydrogen) atoms. The summed E-state index contributed by atoms with van der Waals surface area (Å²) < 4.78 is 36.5. The number of ketones is 2. The van der Waals surface area contributed by atoms with Crippen LogP contribution < -0.4 is 0 Å². The third kappa shape index (κ3) is 4.69. The molecule has 2 aromatic rings. The average Bonchev–Trinajstić information content (AvgIpc) is 2.49. The van der Waals surface area contributed by atoms with Crippen LogP contribution >= 0.6 is 11.8 Å². The fourth-order valence-corrected chi connectivity index (χ4v) is 2.76. The Morgan fingerprint density at radius 1 is 1.00 bits per heavy atom. The van der Waals surface area contributed by atoms with Gasteiger partial charge in [0.15, 0.2) is 5.78 Å². The van der Waals surface area contributed by atoms with Gasteiger partial charge in [-0.1, -0.05) is 42.1 Å². The molecule has 0 unspecified atom stereocenters. The van der Waals surface area contributed by atoms with Gasteiger partial charge in [-0.2, -0.15) is 13.2 Å². The van der Waals surface area contributed by atoms with Gasteiger partial charge in [0, 0.05) is 15.4 Å². The van der Waals surface area contributed by atoms with Gasteiger partial charge in [-0.25, -0.2) is 0 Å². The van der Waals surface area contributed by atoms with Crippen molar-refractivity contribution in [2.24, 2.45) is 0 Å². The highest BCUT2D eigenvalue weighted by molar-refractivity contribution is 7.99. The molecule has 2 rings (SSSR count). The van der Waals surface area contributed by atoms with Crippen molar-refractivity contribution in [2.45, 2.75) is 29.3 Å². The molecule has 0 aliphatic rings. The lowest BCUT2D eigenvalue weighted by Crippen LogP contribution is -2.25. The summed E-state index contributed by atoms with van der Waals surface area (Å²) in [5.41, 5.74) is 1.20. The summed E-state index contributed by atoms with van der Waals surface area (Å²) in [6.07, 6.45) is -6.13. The fraction of sp³-hybridized carbons (Fsp3) is 0.176. The maximum absolute atomic E-state index is 12.2. The number of halogens is 3. The quantitative estimate of drug-likeness (QED) is 0.577. The summed E-state index contributed by atoms with van der Waals surface area (Å²) in [4.78, 5) is 24.5. The molecular weight excluding hydrogens is 325 g/mol.